The van der Waals surface area contributed by atoms with Gasteiger partial charge in [0, 0.05) is 22.1 Å². The van der Waals surface area contributed by atoms with Crippen molar-refractivity contribution < 1.29 is 0 Å². The Morgan fingerprint density at radius 2 is 1.84 bits per heavy atom. The summed E-state index contributed by atoms with van der Waals surface area (Å²) in [4.78, 5) is 3.39. The van der Waals surface area contributed by atoms with Crippen LogP contribution in [0.25, 0.3) is 0 Å². The fourth-order valence-corrected chi connectivity index (χ4v) is 2.94. The van der Waals surface area contributed by atoms with Crippen LogP contribution in [-0.4, -0.2) is 12.8 Å². The van der Waals surface area contributed by atoms with Crippen molar-refractivity contribution in [2.75, 3.05) is 23.4 Å². The zero-order chi connectivity index (χ0) is 13.8. The van der Waals surface area contributed by atoms with Crippen LogP contribution in [0.3, 0.4) is 0 Å². The highest BCUT2D eigenvalue weighted by atomic mass is 79.9. The number of anilines is 3. The number of nitrogen functional groups attached to an aromatic ring is 1. The molecule has 2 aromatic rings. The molecule has 0 atom stereocenters. The SMILES string of the molecule is CCSc1ccc(N(C)c2ccc(Br)cc2N)cc1. The lowest BCUT2D eigenvalue weighted by atomic mass is 10.2. The Labute approximate surface area is 127 Å². The van der Waals surface area contributed by atoms with Gasteiger partial charge in [-0.1, -0.05) is 22.9 Å². The summed E-state index contributed by atoms with van der Waals surface area (Å²) in [7, 11) is 2.03. The Balaban J connectivity index is 2.25. The molecule has 0 aliphatic heterocycles. The lowest BCUT2D eigenvalue weighted by molar-refractivity contribution is 1.20. The van der Waals surface area contributed by atoms with Gasteiger partial charge in [-0.25, -0.2) is 0 Å². The van der Waals surface area contributed by atoms with Crippen LogP contribution >= 0.6 is 27.7 Å². The first-order chi connectivity index (χ1) is 9.11. The number of nitrogens with two attached hydrogens (primary N) is 1. The summed E-state index contributed by atoms with van der Waals surface area (Å²) in [6, 6.07) is 14.5. The van der Waals surface area contributed by atoms with Crippen molar-refractivity contribution in [3.8, 4) is 0 Å². The van der Waals surface area contributed by atoms with E-state index in [1.54, 1.807) is 0 Å². The molecule has 0 spiro atoms. The molecule has 0 fully saturated rings. The molecule has 2 aromatic carbocycles. The Morgan fingerprint density at radius 1 is 1.16 bits per heavy atom. The molecule has 19 heavy (non-hydrogen) atoms. The van der Waals surface area contributed by atoms with Crippen LogP contribution in [0.5, 0.6) is 0 Å². The van der Waals surface area contributed by atoms with E-state index in [-0.39, 0.29) is 0 Å². The zero-order valence-electron chi connectivity index (χ0n) is 11.1. The van der Waals surface area contributed by atoms with Crippen LogP contribution < -0.4 is 10.6 Å². The molecule has 0 radical (unpaired) electrons. The summed E-state index contributed by atoms with van der Waals surface area (Å²) < 4.78 is 0.997. The van der Waals surface area contributed by atoms with Crippen LogP contribution in [0.2, 0.25) is 0 Å². The summed E-state index contributed by atoms with van der Waals surface area (Å²) in [6.45, 7) is 2.16. The van der Waals surface area contributed by atoms with E-state index in [4.69, 9.17) is 5.73 Å². The first kappa shape index (κ1) is 14.3. The third-order valence-corrected chi connectivity index (χ3v) is 4.27. The minimum atomic E-state index is 0.767. The van der Waals surface area contributed by atoms with E-state index in [2.05, 4.69) is 52.0 Å². The van der Waals surface area contributed by atoms with Crippen LogP contribution in [-0.2, 0) is 0 Å². The Kier molecular flexibility index (Phi) is 4.77. The Bertz CT molecular complexity index is 555. The largest absolute Gasteiger partial charge is 0.397 e. The van der Waals surface area contributed by atoms with Crippen molar-refractivity contribution in [3.05, 3.63) is 46.9 Å². The van der Waals surface area contributed by atoms with Gasteiger partial charge in [0.15, 0.2) is 0 Å². The molecule has 0 aliphatic carbocycles. The number of halogens is 1. The molecule has 0 bridgehead atoms. The van der Waals surface area contributed by atoms with E-state index >= 15 is 0 Å². The van der Waals surface area contributed by atoms with Crippen LogP contribution in [0.4, 0.5) is 17.1 Å². The summed E-state index contributed by atoms with van der Waals surface area (Å²) in [5, 5.41) is 0. The van der Waals surface area contributed by atoms with Crippen molar-refractivity contribution in [3.63, 3.8) is 0 Å². The summed E-state index contributed by atoms with van der Waals surface area (Å²) >= 11 is 5.27. The maximum atomic E-state index is 6.06. The second kappa shape index (κ2) is 6.35. The predicted octanol–water partition coefficient (Wildman–Crippen LogP) is 4.91. The van der Waals surface area contributed by atoms with Crippen LogP contribution in [0.15, 0.2) is 51.8 Å². The third-order valence-electron chi connectivity index (χ3n) is 2.89. The molecule has 0 heterocycles. The third kappa shape index (κ3) is 3.45. The first-order valence-corrected chi connectivity index (χ1v) is 7.91. The van der Waals surface area contributed by atoms with Gasteiger partial charge in [-0.15, -0.1) is 11.8 Å². The number of rotatable bonds is 4. The normalized spacial score (nSPS) is 10.5. The number of benzene rings is 2. The van der Waals surface area contributed by atoms with Crippen molar-refractivity contribution in [1.82, 2.24) is 0 Å². The van der Waals surface area contributed by atoms with E-state index in [0.717, 1.165) is 27.3 Å². The maximum Gasteiger partial charge on any atom is 0.0642 e. The van der Waals surface area contributed by atoms with Gasteiger partial charge in [-0.05, 0) is 48.2 Å². The minimum absolute atomic E-state index is 0.767. The van der Waals surface area contributed by atoms with E-state index in [9.17, 15) is 0 Å². The number of thioether (sulfide) groups is 1. The summed E-state index contributed by atoms with van der Waals surface area (Å²) in [5.74, 6) is 1.09. The molecule has 0 aromatic heterocycles. The van der Waals surface area contributed by atoms with Gasteiger partial charge in [-0.2, -0.15) is 0 Å². The van der Waals surface area contributed by atoms with Gasteiger partial charge in [-0.3, -0.25) is 0 Å². The summed E-state index contributed by atoms with van der Waals surface area (Å²) in [6.07, 6.45) is 0. The van der Waals surface area contributed by atoms with Crippen molar-refractivity contribution in [2.45, 2.75) is 11.8 Å². The van der Waals surface area contributed by atoms with Gasteiger partial charge in [0.2, 0.25) is 0 Å². The number of nitrogens with zero attached hydrogens (tertiary/aromatic N) is 1. The molecule has 2 nitrogen and oxygen atoms in total. The smallest absolute Gasteiger partial charge is 0.0642 e. The highest BCUT2D eigenvalue weighted by Crippen LogP contribution is 2.32. The quantitative estimate of drug-likeness (QED) is 0.635. The van der Waals surface area contributed by atoms with Crippen molar-refractivity contribution >= 4 is 44.8 Å². The fourth-order valence-electron chi connectivity index (χ4n) is 1.90. The van der Waals surface area contributed by atoms with Gasteiger partial charge in [0.1, 0.15) is 0 Å². The van der Waals surface area contributed by atoms with E-state index < -0.39 is 0 Å². The second-order valence-electron chi connectivity index (χ2n) is 4.19. The average Bonchev–Trinajstić information content (AvgIpc) is 2.39. The van der Waals surface area contributed by atoms with Crippen LogP contribution in [0, 0.1) is 0 Å². The lowest BCUT2D eigenvalue weighted by Crippen LogP contribution is -2.11. The molecule has 0 saturated carbocycles. The second-order valence-corrected chi connectivity index (χ2v) is 6.44. The molecule has 100 valence electrons. The Morgan fingerprint density at radius 3 is 2.42 bits per heavy atom. The minimum Gasteiger partial charge on any atom is -0.397 e. The Hall–Kier alpha value is -1.13. The van der Waals surface area contributed by atoms with Crippen molar-refractivity contribution in [1.29, 1.82) is 0 Å². The van der Waals surface area contributed by atoms with Gasteiger partial charge >= 0.3 is 0 Å². The molecule has 2 N–H and O–H groups in total. The van der Waals surface area contributed by atoms with Crippen molar-refractivity contribution in [2.24, 2.45) is 0 Å². The molecular formula is C15H17BrN2S. The molecular weight excluding hydrogens is 320 g/mol. The van der Waals surface area contributed by atoms with Gasteiger partial charge in [0.05, 0.1) is 11.4 Å². The number of hydrogen-bond donors (Lipinski definition) is 1. The maximum absolute atomic E-state index is 6.06. The monoisotopic (exact) mass is 336 g/mol. The fraction of sp³-hybridized carbons (Fsp3) is 0.200. The first-order valence-electron chi connectivity index (χ1n) is 6.13. The number of hydrogen-bond acceptors (Lipinski definition) is 3. The summed E-state index contributed by atoms with van der Waals surface area (Å²) in [5.41, 5.74) is 8.98. The van der Waals surface area contributed by atoms with Gasteiger partial charge in [0.25, 0.3) is 0 Å². The average molecular weight is 337 g/mol. The highest BCUT2D eigenvalue weighted by molar-refractivity contribution is 9.10. The van der Waals surface area contributed by atoms with E-state index in [1.807, 2.05) is 37.0 Å². The highest BCUT2D eigenvalue weighted by Gasteiger charge is 2.07. The van der Waals surface area contributed by atoms with Crippen LogP contribution in [0.1, 0.15) is 6.92 Å². The predicted molar refractivity (Wildman–Crippen MR) is 89.5 cm³/mol. The molecule has 0 aliphatic rings. The van der Waals surface area contributed by atoms with E-state index in [0.29, 0.717) is 0 Å². The van der Waals surface area contributed by atoms with Gasteiger partial charge < -0.3 is 10.6 Å². The van der Waals surface area contributed by atoms with E-state index in [1.165, 1.54) is 4.90 Å². The zero-order valence-corrected chi connectivity index (χ0v) is 13.5. The molecule has 2 rings (SSSR count). The standard InChI is InChI=1S/C15H17BrN2S/c1-3-19-13-7-5-12(6-8-13)18(2)15-9-4-11(16)10-14(15)17/h4-10H,3,17H2,1-2H3. The molecule has 4 heteroatoms. The molecule has 0 unspecified atom stereocenters. The molecule has 0 amide bonds. The lowest BCUT2D eigenvalue weighted by Gasteiger charge is -2.21. The molecule has 0 saturated heterocycles. The topological polar surface area (TPSA) is 29.3 Å².